The van der Waals surface area contributed by atoms with Crippen LogP contribution in [0.3, 0.4) is 0 Å². The highest BCUT2D eigenvalue weighted by molar-refractivity contribution is 5.98. The van der Waals surface area contributed by atoms with Crippen LogP contribution in [0.25, 0.3) is 6.08 Å². The number of nitrogens with one attached hydrogen (secondary N) is 1. The van der Waals surface area contributed by atoms with E-state index in [1.165, 1.54) is 65.6 Å². The number of rotatable bonds is 17. The molecule has 0 saturated carbocycles. The molecule has 0 spiro atoms. The van der Waals surface area contributed by atoms with Crippen LogP contribution in [0.2, 0.25) is 0 Å². The molecule has 2 aromatic carbocycles. The Morgan fingerprint density at radius 1 is 0.923 bits per heavy atom. The number of amides is 1. The molecule has 0 bridgehead atoms. The minimum Gasteiger partial charge on any atom is -0.496 e. The fourth-order valence-corrected chi connectivity index (χ4v) is 4.58. The largest absolute Gasteiger partial charge is 0.496 e. The van der Waals surface area contributed by atoms with E-state index in [4.69, 9.17) is 14.2 Å². The number of hydrogen-bond acceptors (Lipinski definition) is 5. The fraction of sp³-hybridized carbons (Fsp3) is 0.438. The van der Waals surface area contributed by atoms with Crippen molar-refractivity contribution in [1.29, 1.82) is 0 Å². The second-order valence-corrected chi connectivity index (χ2v) is 9.63. The number of aromatic nitrogens is 2. The molecule has 7 heteroatoms. The van der Waals surface area contributed by atoms with Gasteiger partial charge in [-0.25, -0.2) is 0 Å². The summed E-state index contributed by atoms with van der Waals surface area (Å²) in [6, 6.07) is 12.3. The molecule has 0 aliphatic carbocycles. The molecule has 3 rings (SSSR count). The highest BCUT2D eigenvalue weighted by Crippen LogP contribution is 2.39. The van der Waals surface area contributed by atoms with Crippen LogP contribution in [0.15, 0.2) is 60.9 Å². The van der Waals surface area contributed by atoms with Crippen molar-refractivity contribution < 1.29 is 19.0 Å². The van der Waals surface area contributed by atoms with Gasteiger partial charge in [-0.05, 0) is 18.4 Å². The molecular formula is C32H43N3O4. The molecule has 39 heavy (non-hydrogen) atoms. The van der Waals surface area contributed by atoms with Gasteiger partial charge in [0.15, 0.2) is 6.04 Å². The minimum atomic E-state index is -0.683. The van der Waals surface area contributed by atoms with Crippen LogP contribution in [0, 0.1) is 0 Å². The number of methoxy groups -OCH3 is 3. The predicted molar refractivity (Wildman–Crippen MR) is 158 cm³/mol. The molecule has 0 radical (unpaired) electrons. The fourth-order valence-electron chi connectivity index (χ4n) is 4.58. The highest BCUT2D eigenvalue weighted by Gasteiger charge is 2.26. The highest BCUT2D eigenvalue weighted by atomic mass is 16.5. The SMILES string of the molecule is CCCCCCCCCCC=Cc1cnn(C(C(=O)Nc2c(OC)cc(OC)cc2OC)c2ccccc2)c1. The summed E-state index contributed by atoms with van der Waals surface area (Å²) in [7, 11) is 4.65. The van der Waals surface area contributed by atoms with Crippen molar-refractivity contribution in [2.45, 2.75) is 70.8 Å². The van der Waals surface area contributed by atoms with Crippen LogP contribution in [0.1, 0.15) is 81.9 Å². The number of carbonyl (C=O) groups excluding carboxylic acids is 1. The van der Waals surface area contributed by atoms with Gasteiger partial charge >= 0.3 is 0 Å². The zero-order chi connectivity index (χ0) is 27.9. The van der Waals surface area contributed by atoms with Crippen LogP contribution in [-0.4, -0.2) is 37.0 Å². The van der Waals surface area contributed by atoms with E-state index in [-0.39, 0.29) is 5.91 Å². The van der Waals surface area contributed by atoms with Gasteiger partial charge in [0.2, 0.25) is 0 Å². The second kappa shape index (κ2) is 16.3. The third-order valence-electron chi connectivity index (χ3n) is 6.75. The van der Waals surface area contributed by atoms with Crippen molar-refractivity contribution in [3.63, 3.8) is 0 Å². The quantitative estimate of drug-likeness (QED) is 0.180. The maximum atomic E-state index is 13.7. The molecule has 3 aromatic rings. The Kier molecular flexibility index (Phi) is 12.4. The van der Waals surface area contributed by atoms with Crippen molar-refractivity contribution >= 4 is 17.7 Å². The Hall–Kier alpha value is -3.74. The van der Waals surface area contributed by atoms with Crippen LogP contribution in [0.5, 0.6) is 17.2 Å². The van der Waals surface area contributed by atoms with Crippen molar-refractivity contribution in [1.82, 2.24) is 9.78 Å². The normalized spacial score (nSPS) is 11.9. The molecule has 210 valence electrons. The van der Waals surface area contributed by atoms with Gasteiger partial charge in [0.05, 0.1) is 27.5 Å². The molecule has 1 aromatic heterocycles. The number of nitrogens with zero attached hydrogens (tertiary/aromatic N) is 2. The Morgan fingerprint density at radius 3 is 2.18 bits per heavy atom. The number of benzene rings is 2. The van der Waals surface area contributed by atoms with Crippen LogP contribution >= 0.6 is 0 Å². The van der Waals surface area contributed by atoms with Crippen LogP contribution < -0.4 is 19.5 Å². The first-order valence-electron chi connectivity index (χ1n) is 14.0. The summed E-state index contributed by atoms with van der Waals surface area (Å²) in [6.07, 6.45) is 19.5. The lowest BCUT2D eigenvalue weighted by atomic mass is 10.1. The molecular weight excluding hydrogens is 490 g/mol. The van der Waals surface area contributed by atoms with Crippen molar-refractivity contribution in [3.8, 4) is 17.2 Å². The molecule has 0 aliphatic heterocycles. The van der Waals surface area contributed by atoms with Crippen LogP contribution in [-0.2, 0) is 4.79 Å². The van der Waals surface area contributed by atoms with E-state index in [0.717, 1.165) is 17.5 Å². The maximum absolute atomic E-state index is 13.7. The lowest BCUT2D eigenvalue weighted by Crippen LogP contribution is -2.27. The molecule has 1 amide bonds. The average molecular weight is 534 g/mol. The summed E-state index contributed by atoms with van der Waals surface area (Å²) in [4.78, 5) is 13.7. The standard InChI is InChI=1S/C32H43N3O4/c1-5-6-7-8-9-10-11-12-13-15-18-25-23-33-35(24-25)31(26-19-16-14-17-20-26)32(36)34-30-28(38-3)21-27(37-2)22-29(30)39-4/h14-24,31H,5-13H2,1-4H3,(H,34,36). The minimum absolute atomic E-state index is 0.263. The summed E-state index contributed by atoms with van der Waals surface area (Å²) >= 11 is 0. The van der Waals surface area contributed by atoms with Gasteiger partial charge in [-0.1, -0.05) is 94.4 Å². The summed E-state index contributed by atoms with van der Waals surface area (Å²) in [5.41, 5.74) is 2.21. The summed E-state index contributed by atoms with van der Waals surface area (Å²) < 4.78 is 18.1. The topological polar surface area (TPSA) is 74.6 Å². The second-order valence-electron chi connectivity index (χ2n) is 9.63. The molecule has 0 saturated heterocycles. The average Bonchev–Trinajstić information content (AvgIpc) is 3.42. The van der Waals surface area contributed by atoms with Crippen LogP contribution in [0.4, 0.5) is 5.69 Å². The van der Waals surface area contributed by atoms with Gasteiger partial charge in [0.1, 0.15) is 22.9 Å². The summed E-state index contributed by atoms with van der Waals surface area (Å²) in [5, 5.41) is 7.56. The lowest BCUT2D eigenvalue weighted by Gasteiger charge is -2.20. The molecule has 0 fully saturated rings. The molecule has 1 heterocycles. The Labute approximate surface area is 233 Å². The lowest BCUT2D eigenvalue weighted by molar-refractivity contribution is -0.118. The number of hydrogen-bond donors (Lipinski definition) is 1. The first kappa shape index (κ1) is 29.8. The first-order chi connectivity index (χ1) is 19.1. The van der Waals surface area contributed by atoms with E-state index in [1.54, 1.807) is 30.1 Å². The van der Waals surface area contributed by atoms with Gasteiger partial charge < -0.3 is 19.5 Å². The van der Waals surface area contributed by atoms with Gasteiger partial charge in [-0.3, -0.25) is 9.48 Å². The van der Waals surface area contributed by atoms with E-state index in [9.17, 15) is 4.79 Å². The molecule has 1 atom stereocenters. The van der Waals surface area contributed by atoms with E-state index >= 15 is 0 Å². The third kappa shape index (κ3) is 8.91. The Balaban J connectivity index is 1.70. The number of unbranched alkanes of at least 4 members (excludes halogenated alkanes) is 8. The summed E-state index contributed by atoms with van der Waals surface area (Å²) in [6.45, 7) is 2.25. The van der Waals surface area contributed by atoms with Gasteiger partial charge in [0.25, 0.3) is 5.91 Å². The van der Waals surface area contributed by atoms with Gasteiger partial charge in [-0.15, -0.1) is 0 Å². The number of allylic oxidation sites excluding steroid dienone is 1. The number of ether oxygens (including phenoxy) is 3. The van der Waals surface area contributed by atoms with Crippen molar-refractivity contribution in [2.75, 3.05) is 26.6 Å². The van der Waals surface area contributed by atoms with Crippen molar-refractivity contribution in [3.05, 3.63) is 72.1 Å². The van der Waals surface area contributed by atoms with Gasteiger partial charge in [0, 0.05) is 23.9 Å². The first-order valence-corrected chi connectivity index (χ1v) is 14.0. The molecule has 0 aliphatic rings. The zero-order valence-electron chi connectivity index (χ0n) is 23.8. The zero-order valence-corrected chi connectivity index (χ0v) is 23.8. The number of anilines is 1. The van der Waals surface area contributed by atoms with E-state index in [0.29, 0.717) is 22.9 Å². The Morgan fingerprint density at radius 2 is 1.56 bits per heavy atom. The smallest absolute Gasteiger partial charge is 0.254 e. The molecule has 1 unspecified atom stereocenters. The third-order valence-corrected chi connectivity index (χ3v) is 6.75. The summed E-state index contributed by atoms with van der Waals surface area (Å²) in [5.74, 6) is 1.19. The molecule has 7 nitrogen and oxygen atoms in total. The Bertz CT molecular complexity index is 1150. The van der Waals surface area contributed by atoms with E-state index in [1.807, 2.05) is 36.5 Å². The maximum Gasteiger partial charge on any atom is 0.254 e. The van der Waals surface area contributed by atoms with E-state index < -0.39 is 6.04 Å². The van der Waals surface area contributed by atoms with E-state index in [2.05, 4.69) is 29.5 Å². The van der Waals surface area contributed by atoms with Gasteiger partial charge in [-0.2, -0.15) is 5.10 Å². The predicted octanol–water partition coefficient (Wildman–Crippen LogP) is 7.68. The monoisotopic (exact) mass is 533 g/mol. The van der Waals surface area contributed by atoms with Crippen molar-refractivity contribution in [2.24, 2.45) is 0 Å². The number of carbonyl (C=O) groups is 1. The molecule has 1 N–H and O–H groups in total.